The minimum Gasteiger partial charge on any atom is -0.508 e. The second kappa shape index (κ2) is 10.7. The van der Waals surface area contributed by atoms with E-state index in [0.29, 0.717) is 25.7 Å². The summed E-state index contributed by atoms with van der Waals surface area (Å²) in [6.45, 7) is 15.3. The van der Waals surface area contributed by atoms with E-state index in [4.69, 9.17) is 4.74 Å². The van der Waals surface area contributed by atoms with Gasteiger partial charge in [0.1, 0.15) is 11.9 Å². The van der Waals surface area contributed by atoms with E-state index in [1.807, 2.05) is 6.92 Å². The largest absolute Gasteiger partial charge is 0.508 e. The molecular weight excluding hydrogens is 580 g/mol. The van der Waals surface area contributed by atoms with Gasteiger partial charge in [0.15, 0.2) is 0 Å². The normalized spacial score (nSPS) is 46.2. The average molecular weight is 635 g/mol. The van der Waals surface area contributed by atoms with E-state index >= 15 is 0 Å². The van der Waals surface area contributed by atoms with Gasteiger partial charge in [-0.3, -0.25) is 4.79 Å². The first-order valence-corrected chi connectivity index (χ1v) is 17.4. The lowest BCUT2D eigenvalue weighted by Gasteiger charge is -2.72. The molecule has 252 valence electrons. The first kappa shape index (κ1) is 33.3. The number of aliphatic carboxylic acids is 1. The molecule has 0 saturated heterocycles. The summed E-state index contributed by atoms with van der Waals surface area (Å²) in [7, 11) is 0. The zero-order valence-electron chi connectivity index (χ0n) is 28.7. The summed E-state index contributed by atoms with van der Waals surface area (Å²) in [5, 5.41) is 44.0. The number of benzene rings is 1. The number of allylic oxidation sites excluding steroid dienone is 1. The fourth-order valence-electron chi connectivity index (χ4n) is 12.1. The maximum Gasteiger partial charge on any atom is 0.331 e. The second-order valence-corrected chi connectivity index (χ2v) is 17.2. The number of aromatic hydroxyl groups is 1. The summed E-state index contributed by atoms with van der Waals surface area (Å²) >= 11 is 0. The van der Waals surface area contributed by atoms with Gasteiger partial charge in [-0.25, -0.2) is 4.79 Å². The summed E-state index contributed by atoms with van der Waals surface area (Å²) in [6, 6.07) is 6.57. The van der Waals surface area contributed by atoms with Crippen LogP contribution in [0.4, 0.5) is 0 Å². The Hall–Kier alpha value is -2.64. The summed E-state index contributed by atoms with van der Waals surface area (Å²) < 4.78 is 6.03. The number of ether oxygens (including phenoxy) is 1. The van der Waals surface area contributed by atoms with Crippen LogP contribution in [0.15, 0.2) is 42.0 Å². The van der Waals surface area contributed by atoms with Gasteiger partial charge in [-0.2, -0.15) is 0 Å². The molecule has 0 amide bonds. The van der Waals surface area contributed by atoms with Crippen molar-refractivity contribution in [3.05, 3.63) is 47.6 Å². The van der Waals surface area contributed by atoms with Crippen molar-refractivity contribution in [2.45, 2.75) is 118 Å². The van der Waals surface area contributed by atoms with Crippen LogP contribution in [0.2, 0.25) is 0 Å². The van der Waals surface area contributed by atoms with Crippen molar-refractivity contribution in [2.75, 3.05) is 0 Å². The maximum atomic E-state index is 13.0. The van der Waals surface area contributed by atoms with Crippen molar-refractivity contribution in [1.82, 2.24) is 0 Å². The minimum absolute atomic E-state index is 0.0110. The highest BCUT2D eigenvalue weighted by Crippen LogP contribution is 2.76. The molecule has 4 N–H and O–H groups in total. The van der Waals surface area contributed by atoms with Crippen LogP contribution in [0.5, 0.6) is 5.75 Å². The van der Waals surface area contributed by atoms with Crippen LogP contribution in [-0.4, -0.2) is 50.2 Å². The number of carboxylic acid groups (broad SMARTS) is 1. The van der Waals surface area contributed by atoms with Crippen molar-refractivity contribution in [3.63, 3.8) is 0 Å². The average Bonchev–Trinajstić information content (AvgIpc) is 2.97. The summed E-state index contributed by atoms with van der Waals surface area (Å²) in [5.74, 6) is -1.07. The third kappa shape index (κ3) is 4.50. The third-order valence-electron chi connectivity index (χ3n) is 14.9. The number of esters is 1. The molecule has 0 aliphatic heterocycles. The van der Waals surface area contributed by atoms with Crippen molar-refractivity contribution >= 4 is 18.0 Å². The number of hydrogen-bond donors (Lipinski definition) is 4. The number of phenolic OH excluding ortho intramolecular Hbond substituents is 1. The number of fused-ring (bicyclic) bond motifs is 7. The predicted molar refractivity (Wildman–Crippen MR) is 176 cm³/mol. The SMILES string of the molecule is C[C@@H]1CC[C@]2(C(=O)O)CC[C@]3(C)C(=CC[C@@H]4[C@@]5(C)C[C@@H](O)[C@H](OC(=O)/C=C/c6ccc(O)cc6)C(C)(C)[C@@H]5CC[C@]43C)[C@@H]2[C@]1(C)O. The Kier molecular flexibility index (Phi) is 7.73. The standard InChI is InChI=1S/C39H54O7/c1-23-16-19-39(33(43)44)21-20-36(5)26(31(39)38(23,7)45)13-14-29-35(4)22-27(41)32(34(2,3)28(35)17-18-37(29,36)6)46-30(42)15-10-24-8-11-25(40)12-9-24/h8-13,15,23,27-29,31-32,40-41,45H,14,16-22H2,1-7H3,(H,43,44)/b15-10+/t23-,27-,28+,29-,31-,32+,35+,36-,37-,38-,39+/m1/s1. The highest BCUT2D eigenvalue weighted by atomic mass is 16.6. The summed E-state index contributed by atoms with van der Waals surface area (Å²) in [4.78, 5) is 26.0. The van der Waals surface area contributed by atoms with Gasteiger partial charge in [-0.1, -0.05) is 65.3 Å². The molecule has 0 bridgehead atoms. The molecule has 0 heterocycles. The number of aliphatic hydroxyl groups excluding tert-OH is 1. The number of aliphatic hydroxyl groups is 2. The fraction of sp³-hybridized carbons (Fsp3) is 0.692. The molecule has 7 nitrogen and oxygen atoms in total. The maximum absolute atomic E-state index is 13.0. The Morgan fingerprint density at radius 3 is 2.26 bits per heavy atom. The van der Waals surface area contributed by atoms with E-state index in [-0.39, 0.29) is 39.7 Å². The number of hydrogen-bond acceptors (Lipinski definition) is 6. The Morgan fingerprint density at radius 2 is 1.61 bits per heavy atom. The zero-order valence-corrected chi connectivity index (χ0v) is 28.7. The highest BCUT2D eigenvalue weighted by Gasteiger charge is 2.72. The molecule has 1 aromatic rings. The molecule has 46 heavy (non-hydrogen) atoms. The molecule has 1 aromatic carbocycles. The number of carbonyl (C=O) groups excluding carboxylic acids is 1. The molecule has 11 atom stereocenters. The molecular formula is C39H54O7. The molecule has 4 saturated carbocycles. The summed E-state index contributed by atoms with van der Waals surface area (Å²) in [5.41, 5.74) is -1.25. The van der Waals surface area contributed by atoms with Gasteiger partial charge in [0, 0.05) is 17.4 Å². The quantitative estimate of drug-likeness (QED) is 0.158. The molecule has 0 unspecified atom stereocenters. The Bertz CT molecular complexity index is 1460. The van der Waals surface area contributed by atoms with Gasteiger partial charge >= 0.3 is 11.9 Å². The lowest BCUT2D eigenvalue weighted by Crippen LogP contribution is -2.69. The van der Waals surface area contributed by atoms with Crippen LogP contribution in [0.25, 0.3) is 6.08 Å². The van der Waals surface area contributed by atoms with Gasteiger partial charge in [0.2, 0.25) is 0 Å². The third-order valence-corrected chi connectivity index (χ3v) is 14.9. The first-order valence-electron chi connectivity index (χ1n) is 17.4. The van der Waals surface area contributed by atoms with Crippen LogP contribution in [0.3, 0.4) is 0 Å². The number of carbonyl (C=O) groups is 2. The lowest BCUT2D eigenvalue weighted by molar-refractivity contribution is -0.242. The van der Waals surface area contributed by atoms with Crippen LogP contribution in [0, 0.1) is 50.7 Å². The second-order valence-electron chi connectivity index (χ2n) is 17.2. The van der Waals surface area contributed by atoms with E-state index in [9.17, 15) is 30.0 Å². The van der Waals surface area contributed by atoms with Crippen LogP contribution in [0.1, 0.15) is 105 Å². The molecule has 5 aliphatic carbocycles. The van der Waals surface area contributed by atoms with E-state index in [2.05, 4.69) is 47.6 Å². The molecule has 7 heteroatoms. The predicted octanol–water partition coefficient (Wildman–Crippen LogP) is 7.15. The lowest BCUT2D eigenvalue weighted by atomic mass is 9.33. The van der Waals surface area contributed by atoms with Crippen molar-refractivity contribution in [3.8, 4) is 5.75 Å². The molecule has 6 rings (SSSR count). The van der Waals surface area contributed by atoms with Gasteiger partial charge in [-0.05, 0) is 116 Å². The minimum atomic E-state index is -1.11. The number of carboxylic acids is 1. The summed E-state index contributed by atoms with van der Waals surface area (Å²) in [6.07, 6.45) is 9.72. The molecule has 4 fully saturated rings. The van der Waals surface area contributed by atoms with Crippen LogP contribution < -0.4 is 0 Å². The van der Waals surface area contributed by atoms with Crippen molar-refractivity contribution in [1.29, 1.82) is 0 Å². The molecule has 0 spiro atoms. The van der Waals surface area contributed by atoms with E-state index in [1.54, 1.807) is 30.3 Å². The fourth-order valence-corrected chi connectivity index (χ4v) is 12.1. The highest BCUT2D eigenvalue weighted by molar-refractivity contribution is 5.87. The first-order chi connectivity index (χ1) is 21.3. The zero-order chi connectivity index (χ0) is 33.7. The van der Waals surface area contributed by atoms with Gasteiger partial charge < -0.3 is 25.2 Å². The van der Waals surface area contributed by atoms with E-state index in [1.165, 1.54) is 6.08 Å². The van der Waals surface area contributed by atoms with E-state index in [0.717, 1.165) is 36.8 Å². The van der Waals surface area contributed by atoms with Gasteiger partial charge in [0.05, 0.1) is 17.1 Å². The van der Waals surface area contributed by atoms with E-state index < -0.39 is 46.5 Å². The Morgan fingerprint density at radius 1 is 0.935 bits per heavy atom. The van der Waals surface area contributed by atoms with Crippen LogP contribution in [-0.2, 0) is 14.3 Å². The number of phenols is 1. The molecule has 0 radical (unpaired) electrons. The number of rotatable bonds is 4. The monoisotopic (exact) mass is 634 g/mol. The van der Waals surface area contributed by atoms with Crippen LogP contribution >= 0.6 is 0 Å². The van der Waals surface area contributed by atoms with Crippen molar-refractivity contribution < 1.29 is 34.8 Å². The van der Waals surface area contributed by atoms with Gasteiger partial charge in [0.25, 0.3) is 0 Å². The van der Waals surface area contributed by atoms with Gasteiger partial charge in [-0.15, -0.1) is 0 Å². The molecule has 0 aromatic heterocycles. The Balaban J connectivity index is 1.31. The smallest absolute Gasteiger partial charge is 0.331 e. The Labute approximate surface area is 274 Å². The topological polar surface area (TPSA) is 124 Å². The molecule has 5 aliphatic rings. The van der Waals surface area contributed by atoms with Crippen molar-refractivity contribution in [2.24, 2.45) is 50.7 Å².